The third-order valence-electron chi connectivity index (χ3n) is 4.27. The molecule has 0 aliphatic rings. The first-order valence-electron chi connectivity index (χ1n) is 8.83. The van der Waals surface area contributed by atoms with Crippen molar-refractivity contribution < 1.29 is 4.79 Å². The van der Waals surface area contributed by atoms with Gasteiger partial charge in [-0.05, 0) is 29.8 Å². The van der Waals surface area contributed by atoms with Crippen LogP contribution < -0.4 is 5.32 Å². The smallest absolute Gasteiger partial charge is 0.228 e. The van der Waals surface area contributed by atoms with Crippen molar-refractivity contribution in [3.05, 3.63) is 94.8 Å². The molecule has 0 saturated heterocycles. The van der Waals surface area contributed by atoms with E-state index in [2.05, 4.69) is 5.32 Å². The molecule has 0 saturated carbocycles. The lowest BCUT2D eigenvalue weighted by Gasteiger charge is -2.06. The summed E-state index contributed by atoms with van der Waals surface area (Å²) in [6, 6.07) is 25.1. The number of benzene rings is 3. The van der Waals surface area contributed by atoms with Crippen LogP contribution in [0.1, 0.15) is 5.56 Å². The summed E-state index contributed by atoms with van der Waals surface area (Å²) in [5.41, 5.74) is 4.74. The number of nitrogens with one attached hydrogen (secondary N) is 1. The molecular formula is C23H17ClN2OS. The summed E-state index contributed by atoms with van der Waals surface area (Å²) in [5, 5.41) is 6.64. The van der Waals surface area contributed by atoms with Crippen LogP contribution in [-0.2, 0) is 11.2 Å². The van der Waals surface area contributed by atoms with Gasteiger partial charge in [0.1, 0.15) is 5.01 Å². The number of carbonyl (C=O) groups is 1. The quantitative estimate of drug-likeness (QED) is 0.423. The number of carbonyl (C=O) groups excluding carboxylic acids is 1. The Kier molecular flexibility index (Phi) is 5.51. The van der Waals surface area contributed by atoms with Crippen LogP contribution in [0.15, 0.2) is 84.2 Å². The Hall–Kier alpha value is -2.95. The van der Waals surface area contributed by atoms with E-state index in [1.807, 2.05) is 84.2 Å². The predicted octanol–water partition coefficient (Wildman–Crippen LogP) is 6.31. The van der Waals surface area contributed by atoms with Gasteiger partial charge in [-0.25, -0.2) is 4.98 Å². The summed E-state index contributed by atoms with van der Waals surface area (Å²) in [6.07, 6.45) is 0.360. The Morgan fingerprint density at radius 2 is 1.57 bits per heavy atom. The molecule has 1 N–H and O–H groups in total. The Labute approximate surface area is 172 Å². The van der Waals surface area contributed by atoms with E-state index in [4.69, 9.17) is 16.6 Å². The normalized spacial score (nSPS) is 10.6. The highest BCUT2D eigenvalue weighted by atomic mass is 35.5. The molecule has 4 aromatic rings. The first-order valence-corrected chi connectivity index (χ1v) is 10.1. The molecule has 0 unspecified atom stereocenters. The van der Waals surface area contributed by atoms with E-state index in [1.165, 1.54) is 0 Å². The van der Waals surface area contributed by atoms with Crippen molar-refractivity contribution in [3.63, 3.8) is 0 Å². The minimum atomic E-state index is -0.0300. The lowest BCUT2D eigenvalue weighted by atomic mass is 10.1. The van der Waals surface area contributed by atoms with Crippen molar-refractivity contribution in [3.8, 4) is 21.8 Å². The van der Waals surface area contributed by atoms with Crippen molar-refractivity contribution in [2.45, 2.75) is 6.42 Å². The summed E-state index contributed by atoms with van der Waals surface area (Å²) in [6.45, 7) is 0. The third kappa shape index (κ3) is 4.47. The largest absolute Gasteiger partial charge is 0.326 e. The maximum Gasteiger partial charge on any atom is 0.228 e. The Bertz CT molecular complexity index is 1070. The van der Waals surface area contributed by atoms with Crippen LogP contribution in [0.25, 0.3) is 21.8 Å². The Morgan fingerprint density at radius 1 is 0.893 bits per heavy atom. The molecule has 0 aliphatic heterocycles. The van der Waals surface area contributed by atoms with Gasteiger partial charge in [0.2, 0.25) is 5.91 Å². The zero-order chi connectivity index (χ0) is 19.3. The van der Waals surface area contributed by atoms with Crippen molar-refractivity contribution in [2.75, 3.05) is 5.32 Å². The molecule has 28 heavy (non-hydrogen) atoms. The van der Waals surface area contributed by atoms with E-state index >= 15 is 0 Å². The van der Waals surface area contributed by atoms with Gasteiger partial charge in [0, 0.05) is 27.2 Å². The fraction of sp³-hybridized carbons (Fsp3) is 0.0435. The second-order valence-electron chi connectivity index (χ2n) is 6.33. The minimum absolute atomic E-state index is 0.0300. The molecule has 1 heterocycles. The molecule has 0 aliphatic carbocycles. The number of rotatable bonds is 5. The van der Waals surface area contributed by atoms with Gasteiger partial charge in [-0.1, -0.05) is 66.2 Å². The fourth-order valence-corrected chi connectivity index (χ4v) is 3.80. The monoisotopic (exact) mass is 404 g/mol. The first-order chi connectivity index (χ1) is 13.7. The molecule has 0 bridgehead atoms. The molecular weight excluding hydrogens is 388 g/mol. The van der Waals surface area contributed by atoms with E-state index in [-0.39, 0.29) is 5.91 Å². The van der Waals surface area contributed by atoms with Crippen molar-refractivity contribution in [2.24, 2.45) is 0 Å². The number of anilines is 1. The average Bonchev–Trinajstić information content (AvgIpc) is 3.20. The number of hydrogen-bond acceptors (Lipinski definition) is 3. The molecule has 0 atom stereocenters. The number of nitrogens with zero attached hydrogens (tertiary/aromatic N) is 1. The highest BCUT2D eigenvalue weighted by Gasteiger charge is 2.08. The SMILES string of the molecule is O=C(Cc1ccccc1)Nc1ccc(-c2csc(-c3ccc(Cl)cc3)n2)cc1. The highest BCUT2D eigenvalue weighted by molar-refractivity contribution is 7.13. The lowest BCUT2D eigenvalue weighted by Crippen LogP contribution is -2.14. The van der Waals surface area contributed by atoms with Crippen molar-refractivity contribution in [1.29, 1.82) is 0 Å². The van der Waals surface area contributed by atoms with E-state index < -0.39 is 0 Å². The zero-order valence-electron chi connectivity index (χ0n) is 14.9. The van der Waals surface area contributed by atoms with Crippen LogP contribution >= 0.6 is 22.9 Å². The summed E-state index contributed by atoms with van der Waals surface area (Å²) >= 11 is 7.54. The number of halogens is 1. The molecule has 138 valence electrons. The maximum absolute atomic E-state index is 12.2. The van der Waals surface area contributed by atoms with Crippen molar-refractivity contribution in [1.82, 2.24) is 4.98 Å². The number of amides is 1. The fourth-order valence-electron chi connectivity index (χ4n) is 2.84. The van der Waals surface area contributed by atoms with Crippen LogP contribution in [0.2, 0.25) is 5.02 Å². The topological polar surface area (TPSA) is 42.0 Å². The highest BCUT2D eigenvalue weighted by Crippen LogP contribution is 2.30. The van der Waals surface area contributed by atoms with Gasteiger partial charge >= 0.3 is 0 Å². The molecule has 0 spiro atoms. The molecule has 0 fully saturated rings. The molecule has 1 amide bonds. The van der Waals surface area contributed by atoms with Crippen LogP contribution in [0.5, 0.6) is 0 Å². The van der Waals surface area contributed by atoms with Gasteiger partial charge in [0.25, 0.3) is 0 Å². The lowest BCUT2D eigenvalue weighted by molar-refractivity contribution is -0.115. The van der Waals surface area contributed by atoms with Gasteiger partial charge in [-0.3, -0.25) is 4.79 Å². The van der Waals surface area contributed by atoms with Crippen LogP contribution in [0, 0.1) is 0 Å². The number of thiazole rings is 1. The molecule has 3 aromatic carbocycles. The standard InChI is InChI=1S/C23H17ClN2OS/c24-19-10-6-18(7-11-19)23-26-21(15-28-23)17-8-12-20(13-9-17)25-22(27)14-16-4-2-1-3-5-16/h1-13,15H,14H2,(H,25,27). The van der Waals surface area contributed by atoms with Gasteiger partial charge in [0.05, 0.1) is 12.1 Å². The van der Waals surface area contributed by atoms with Crippen LogP contribution in [0.3, 0.4) is 0 Å². The minimum Gasteiger partial charge on any atom is -0.326 e. The van der Waals surface area contributed by atoms with Gasteiger partial charge in [-0.2, -0.15) is 0 Å². The van der Waals surface area contributed by atoms with Gasteiger partial charge < -0.3 is 5.32 Å². The van der Waals surface area contributed by atoms with E-state index in [0.29, 0.717) is 11.4 Å². The molecule has 3 nitrogen and oxygen atoms in total. The molecule has 0 radical (unpaired) electrons. The average molecular weight is 405 g/mol. The van der Waals surface area contributed by atoms with E-state index in [0.717, 1.165) is 33.1 Å². The predicted molar refractivity (Wildman–Crippen MR) is 117 cm³/mol. The number of aromatic nitrogens is 1. The first kappa shape index (κ1) is 18.4. The second kappa shape index (κ2) is 8.38. The van der Waals surface area contributed by atoms with Gasteiger partial charge in [-0.15, -0.1) is 11.3 Å². The molecule has 4 rings (SSSR count). The summed E-state index contributed by atoms with van der Waals surface area (Å²) in [7, 11) is 0. The zero-order valence-corrected chi connectivity index (χ0v) is 16.5. The van der Waals surface area contributed by atoms with E-state index in [9.17, 15) is 4.79 Å². The number of hydrogen-bond donors (Lipinski definition) is 1. The maximum atomic E-state index is 12.2. The third-order valence-corrected chi connectivity index (χ3v) is 5.41. The van der Waals surface area contributed by atoms with Crippen molar-refractivity contribution >= 4 is 34.5 Å². The summed E-state index contributed by atoms with van der Waals surface area (Å²) in [5.74, 6) is -0.0300. The molecule has 5 heteroatoms. The summed E-state index contributed by atoms with van der Waals surface area (Å²) in [4.78, 5) is 16.9. The van der Waals surface area contributed by atoms with Crippen LogP contribution in [-0.4, -0.2) is 10.9 Å². The molecule has 1 aromatic heterocycles. The Morgan fingerprint density at radius 3 is 2.29 bits per heavy atom. The van der Waals surface area contributed by atoms with Gasteiger partial charge in [0.15, 0.2) is 0 Å². The summed E-state index contributed by atoms with van der Waals surface area (Å²) < 4.78 is 0. The van der Waals surface area contributed by atoms with Crippen LogP contribution in [0.4, 0.5) is 5.69 Å². The Balaban J connectivity index is 1.43. The second-order valence-corrected chi connectivity index (χ2v) is 7.63. The van der Waals surface area contributed by atoms with E-state index in [1.54, 1.807) is 11.3 Å².